The highest BCUT2D eigenvalue weighted by molar-refractivity contribution is 5.41. The Morgan fingerprint density at radius 1 is 1.33 bits per heavy atom. The summed E-state index contributed by atoms with van der Waals surface area (Å²) in [6.07, 6.45) is 2.69. The van der Waals surface area contributed by atoms with Crippen molar-refractivity contribution in [2.45, 2.75) is 6.54 Å². The molecule has 3 rings (SSSR count). The molecule has 3 aromatic rings. The molecule has 0 aliphatic heterocycles. The molecule has 0 atom stereocenters. The second kappa shape index (κ2) is 3.95. The van der Waals surface area contributed by atoms with Crippen LogP contribution < -0.4 is 11.3 Å². The first-order valence-electron chi connectivity index (χ1n) is 5.34. The Labute approximate surface area is 101 Å². The molecule has 0 bridgehead atoms. The molecule has 0 unspecified atom stereocenters. The van der Waals surface area contributed by atoms with Crippen LogP contribution in [0, 0.1) is 0 Å². The Morgan fingerprint density at radius 2 is 2.22 bits per heavy atom. The maximum atomic E-state index is 11.8. The number of fused-ring (bicyclic) bond motifs is 1. The third-order valence-corrected chi connectivity index (χ3v) is 2.60. The number of hydrogen-bond acceptors (Lipinski definition) is 5. The predicted octanol–water partition coefficient (Wildman–Crippen LogP) is -0.0835. The Balaban J connectivity index is 2.12. The van der Waals surface area contributed by atoms with Crippen molar-refractivity contribution in [3.05, 3.63) is 52.7 Å². The van der Waals surface area contributed by atoms with Gasteiger partial charge in [-0.1, -0.05) is 12.1 Å². The number of nitrogens with zero attached hydrogens (tertiary/aromatic N) is 5. The second-order valence-electron chi connectivity index (χ2n) is 3.89. The average Bonchev–Trinajstić information content (AvgIpc) is 2.81. The molecule has 0 spiro atoms. The summed E-state index contributed by atoms with van der Waals surface area (Å²) >= 11 is 0. The lowest BCUT2D eigenvalue weighted by atomic mass is 10.2. The summed E-state index contributed by atoms with van der Waals surface area (Å²) in [6, 6.07) is 7.36. The molecule has 90 valence electrons. The van der Waals surface area contributed by atoms with Crippen molar-refractivity contribution in [2.75, 3.05) is 5.73 Å². The van der Waals surface area contributed by atoms with Crippen LogP contribution in [-0.2, 0) is 6.54 Å². The summed E-state index contributed by atoms with van der Waals surface area (Å²) in [5, 5.41) is 11.5. The monoisotopic (exact) mass is 242 g/mol. The standard InChI is InChI=1S/C11H10N6O/c12-9-3-1-2-8(4-9)6-16-10(18)5-14-17-7-13-15-11(16)17/h1-5,7H,6,12H2. The van der Waals surface area contributed by atoms with E-state index >= 15 is 0 Å². The van der Waals surface area contributed by atoms with E-state index in [1.807, 2.05) is 18.2 Å². The number of rotatable bonds is 2. The van der Waals surface area contributed by atoms with Crippen LogP contribution in [0.4, 0.5) is 5.69 Å². The molecule has 7 heteroatoms. The van der Waals surface area contributed by atoms with Gasteiger partial charge < -0.3 is 5.73 Å². The molecule has 7 nitrogen and oxygen atoms in total. The minimum Gasteiger partial charge on any atom is -0.399 e. The van der Waals surface area contributed by atoms with Crippen LogP contribution in [0.5, 0.6) is 0 Å². The van der Waals surface area contributed by atoms with E-state index in [4.69, 9.17) is 5.73 Å². The lowest BCUT2D eigenvalue weighted by Crippen LogP contribution is -2.23. The largest absolute Gasteiger partial charge is 0.399 e. The lowest BCUT2D eigenvalue weighted by molar-refractivity contribution is 0.717. The molecule has 0 radical (unpaired) electrons. The van der Waals surface area contributed by atoms with Gasteiger partial charge in [0.1, 0.15) is 12.5 Å². The molecule has 2 heterocycles. The highest BCUT2D eigenvalue weighted by Crippen LogP contribution is 2.08. The summed E-state index contributed by atoms with van der Waals surface area (Å²) < 4.78 is 2.95. The van der Waals surface area contributed by atoms with Gasteiger partial charge >= 0.3 is 0 Å². The van der Waals surface area contributed by atoms with Gasteiger partial charge in [0, 0.05) is 5.69 Å². The van der Waals surface area contributed by atoms with Crippen LogP contribution in [0.1, 0.15) is 5.56 Å². The molecule has 0 saturated heterocycles. The molecule has 2 N–H and O–H groups in total. The zero-order chi connectivity index (χ0) is 12.5. The number of aromatic nitrogens is 5. The van der Waals surface area contributed by atoms with Crippen molar-refractivity contribution in [1.82, 2.24) is 24.4 Å². The smallest absolute Gasteiger partial charge is 0.273 e. The molecule has 2 aromatic heterocycles. The summed E-state index contributed by atoms with van der Waals surface area (Å²) in [6.45, 7) is 0.384. The first kappa shape index (κ1) is 10.5. The predicted molar refractivity (Wildman–Crippen MR) is 65.0 cm³/mol. The summed E-state index contributed by atoms with van der Waals surface area (Å²) in [5.74, 6) is 0.407. The fourth-order valence-electron chi connectivity index (χ4n) is 1.79. The minimum atomic E-state index is -0.224. The Kier molecular flexibility index (Phi) is 2.30. The molecule has 0 aliphatic carbocycles. The number of benzene rings is 1. The van der Waals surface area contributed by atoms with E-state index in [1.54, 1.807) is 6.07 Å². The van der Waals surface area contributed by atoms with Crippen molar-refractivity contribution in [3.63, 3.8) is 0 Å². The fourth-order valence-corrected chi connectivity index (χ4v) is 1.79. The maximum absolute atomic E-state index is 11.8. The van der Waals surface area contributed by atoms with Crippen LogP contribution >= 0.6 is 0 Å². The van der Waals surface area contributed by atoms with Gasteiger partial charge in [0.25, 0.3) is 11.3 Å². The molecular formula is C11H10N6O. The minimum absolute atomic E-state index is 0.224. The highest BCUT2D eigenvalue weighted by atomic mass is 16.1. The molecule has 0 fully saturated rings. The SMILES string of the molecule is Nc1cccc(Cn2c(=O)cnn3cnnc23)c1. The molecule has 0 amide bonds. The Hall–Kier alpha value is -2.70. The van der Waals surface area contributed by atoms with E-state index in [0.29, 0.717) is 18.0 Å². The first-order valence-corrected chi connectivity index (χ1v) is 5.34. The van der Waals surface area contributed by atoms with E-state index in [1.165, 1.54) is 21.6 Å². The van der Waals surface area contributed by atoms with E-state index in [0.717, 1.165) is 5.56 Å². The zero-order valence-electron chi connectivity index (χ0n) is 9.39. The van der Waals surface area contributed by atoms with Crippen LogP contribution in [0.3, 0.4) is 0 Å². The van der Waals surface area contributed by atoms with Gasteiger partial charge in [0.2, 0.25) is 0 Å². The molecular weight excluding hydrogens is 232 g/mol. The van der Waals surface area contributed by atoms with Crippen LogP contribution in [0.15, 0.2) is 41.6 Å². The molecule has 1 aromatic carbocycles. The van der Waals surface area contributed by atoms with E-state index in [9.17, 15) is 4.79 Å². The van der Waals surface area contributed by atoms with Gasteiger partial charge in [-0.2, -0.15) is 9.61 Å². The number of nitrogen functional groups attached to an aromatic ring is 1. The van der Waals surface area contributed by atoms with Gasteiger partial charge in [-0.25, -0.2) is 0 Å². The Morgan fingerprint density at radius 3 is 3.06 bits per heavy atom. The normalized spacial score (nSPS) is 10.9. The highest BCUT2D eigenvalue weighted by Gasteiger charge is 2.06. The van der Waals surface area contributed by atoms with E-state index < -0.39 is 0 Å². The van der Waals surface area contributed by atoms with E-state index in [-0.39, 0.29) is 5.56 Å². The quantitative estimate of drug-likeness (QED) is 0.634. The topological polar surface area (TPSA) is 91.1 Å². The zero-order valence-corrected chi connectivity index (χ0v) is 9.39. The van der Waals surface area contributed by atoms with Gasteiger partial charge in [0.05, 0.1) is 6.54 Å². The van der Waals surface area contributed by atoms with Crippen molar-refractivity contribution in [1.29, 1.82) is 0 Å². The first-order chi connectivity index (χ1) is 8.74. The van der Waals surface area contributed by atoms with Crippen molar-refractivity contribution >= 4 is 11.5 Å². The fraction of sp³-hybridized carbons (Fsp3) is 0.0909. The van der Waals surface area contributed by atoms with Crippen molar-refractivity contribution in [2.24, 2.45) is 0 Å². The summed E-state index contributed by atoms with van der Waals surface area (Å²) in [7, 11) is 0. The van der Waals surface area contributed by atoms with Gasteiger partial charge in [-0.3, -0.25) is 9.36 Å². The lowest BCUT2D eigenvalue weighted by Gasteiger charge is -2.06. The Bertz CT molecular complexity index is 759. The van der Waals surface area contributed by atoms with Crippen molar-refractivity contribution < 1.29 is 0 Å². The molecule has 0 aliphatic rings. The van der Waals surface area contributed by atoms with Crippen LogP contribution in [-0.4, -0.2) is 24.4 Å². The van der Waals surface area contributed by atoms with Gasteiger partial charge in [-0.15, -0.1) is 10.2 Å². The van der Waals surface area contributed by atoms with Crippen molar-refractivity contribution in [3.8, 4) is 0 Å². The maximum Gasteiger partial charge on any atom is 0.273 e. The number of hydrogen-bond donors (Lipinski definition) is 1. The molecule has 0 saturated carbocycles. The van der Waals surface area contributed by atoms with E-state index in [2.05, 4.69) is 15.3 Å². The van der Waals surface area contributed by atoms with Gasteiger partial charge in [-0.05, 0) is 17.7 Å². The van der Waals surface area contributed by atoms with Crippen LogP contribution in [0.25, 0.3) is 5.78 Å². The number of nitrogens with two attached hydrogens (primary N) is 1. The third kappa shape index (κ3) is 1.71. The third-order valence-electron chi connectivity index (χ3n) is 2.60. The summed E-state index contributed by atoms with van der Waals surface area (Å²) in [4.78, 5) is 11.8. The van der Waals surface area contributed by atoms with Crippen LogP contribution in [0.2, 0.25) is 0 Å². The average molecular weight is 242 g/mol. The number of anilines is 1. The summed E-state index contributed by atoms with van der Waals surface area (Å²) in [5.41, 5.74) is 7.07. The molecule has 18 heavy (non-hydrogen) atoms. The van der Waals surface area contributed by atoms with Gasteiger partial charge in [0.15, 0.2) is 0 Å². The second-order valence-corrected chi connectivity index (χ2v) is 3.89.